The number of hydrogen-bond acceptors (Lipinski definition) is 4. The zero-order valence-corrected chi connectivity index (χ0v) is 9.16. The third-order valence-corrected chi connectivity index (χ3v) is 2.10. The number of aromatic nitrogens is 2. The zero-order chi connectivity index (χ0) is 10.6. The van der Waals surface area contributed by atoms with Crippen LogP contribution in [0.5, 0.6) is 0 Å². The lowest BCUT2D eigenvalue weighted by atomic mass is 10.1. The van der Waals surface area contributed by atoms with Crippen LogP contribution in [-0.2, 0) is 6.42 Å². The van der Waals surface area contributed by atoms with Crippen LogP contribution in [0.2, 0.25) is 0 Å². The summed E-state index contributed by atoms with van der Waals surface area (Å²) in [6, 6.07) is 0.139. The average molecular weight is 197 g/mol. The van der Waals surface area contributed by atoms with Gasteiger partial charge >= 0.3 is 0 Å². The van der Waals surface area contributed by atoms with E-state index in [-0.39, 0.29) is 6.04 Å². The second kappa shape index (κ2) is 5.10. The molecule has 0 bridgehead atoms. The first-order chi connectivity index (χ1) is 6.63. The number of nitrogens with zero attached hydrogens (tertiary/aromatic N) is 2. The normalized spacial score (nSPS) is 13.5. The molecule has 1 atom stereocenters. The molecule has 1 rings (SSSR count). The van der Waals surface area contributed by atoms with E-state index in [2.05, 4.69) is 17.1 Å². The number of nitrogens with two attached hydrogens (primary N) is 1. The second-order valence-corrected chi connectivity index (χ2v) is 3.95. The van der Waals surface area contributed by atoms with Crippen LogP contribution in [0.4, 0.5) is 0 Å². The monoisotopic (exact) mass is 197 g/mol. The van der Waals surface area contributed by atoms with E-state index in [9.17, 15) is 0 Å². The van der Waals surface area contributed by atoms with Crippen LogP contribution >= 0.6 is 0 Å². The molecule has 0 aromatic carbocycles. The molecule has 80 valence electrons. The highest BCUT2D eigenvalue weighted by atomic mass is 16.5. The maximum absolute atomic E-state index is 5.87. The molecular formula is C10H19N3O. The van der Waals surface area contributed by atoms with Gasteiger partial charge in [0.15, 0.2) is 5.82 Å². The van der Waals surface area contributed by atoms with Gasteiger partial charge in [0.25, 0.3) is 0 Å². The predicted molar refractivity (Wildman–Crippen MR) is 55.0 cm³/mol. The Morgan fingerprint density at radius 1 is 1.43 bits per heavy atom. The molecule has 14 heavy (non-hydrogen) atoms. The first-order valence-electron chi connectivity index (χ1n) is 5.21. The lowest BCUT2D eigenvalue weighted by Crippen LogP contribution is -2.22. The molecule has 1 unspecified atom stereocenters. The van der Waals surface area contributed by atoms with Gasteiger partial charge in [-0.1, -0.05) is 32.3 Å². The highest BCUT2D eigenvalue weighted by molar-refractivity contribution is 4.93. The SMILES string of the molecule is CCCC(N)Cc1nc(C(C)C)no1. The molecule has 0 amide bonds. The largest absolute Gasteiger partial charge is 0.339 e. The maximum Gasteiger partial charge on any atom is 0.228 e. The molecule has 0 aliphatic rings. The van der Waals surface area contributed by atoms with Crippen molar-refractivity contribution in [1.29, 1.82) is 0 Å². The minimum atomic E-state index is 0.139. The van der Waals surface area contributed by atoms with Crippen LogP contribution in [0, 0.1) is 0 Å². The van der Waals surface area contributed by atoms with Gasteiger partial charge in [-0.25, -0.2) is 0 Å². The Kier molecular flexibility index (Phi) is 4.07. The summed E-state index contributed by atoms with van der Waals surface area (Å²) in [4.78, 5) is 4.27. The fourth-order valence-corrected chi connectivity index (χ4v) is 1.28. The summed E-state index contributed by atoms with van der Waals surface area (Å²) < 4.78 is 5.10. The quantitative estimate of drug-likeness (QED) is 0.782. The summed E-state index contributed by atoms with van der Waals surface area (Å²) in [5.74, 6) is 1.74. The molecular weight excluding hydrogens is 178 g/mol. The van der Waals surface area contributed by atoms with Crippen LogP contribution in [0.15, 0.2) is 4.52 Å². The van der Waals surface area contributed by atoms with E-state index in [0.29, 0.717) is 18.2 Å². The summed E-state index contributed by atoms with van der Waals surface area (Å²) in [7, 11) is 0. The molecule has 1 aromatic heterocycles. The van der Waals surface area contributed by atoms with E-state index in [1.165, 1.54) is 0 Å². The molecule has 0 saturated carbocycles. The third kappa shape index (κ3) is 3.10. The van der Waals surface area contributed by atoms with Gasteiger partial charge < -0.3 is 10.3 Å². The Morgan fingerprint density at radius 3 is 2.64 bits per heavy atom. The van der Waals surface area contributed by atoms with Crippen molar-refractivity contribution in [1.82, 2.24) is 10.1 Å². The minimum Gasteiger partial charge on any atom is -0.339 e. The van der Waals surface area contributed by atoms with E-state index in [1.54, 1.807) is 0 Å². The van der Waals surface area contributed by atoms with E-state index < -0.39 is 0 Å². The Labute approximate surface area is 84.9 Å². The van der Waals surface area contributed by atoms with Gasteiger partial charge in [0.05, 0.1) is 0 Å². The standard InChI is InChI=1S/C10H19N3O/c1-4-5-8(11)6-9-12-10(7(2)3)13-14-9/h7-8H,4-6,11H2,1-3H3. The van der Waals surface area contributed by atoms with E-state index in [1.807, 2.05) is 13.8 Å². The van der Waals surface area contributed by atoms with Crippen molar-refractivity contribution < 1.29 is 4.52 Å². The van der Waals surface area contributed by atoms with Gasteiger partial charge in [0, 0.05) is 18.4 Å². The minimum absolute atomic E-state index is 0.139. The molecule has 1 aromatic rings. The van der Waals surface area contributed by atoms with Crippen LogP contribution in [0.3, 0.4) is 0 Å². The number of rotatable bonds is 5. The molecule has 4 heteroatoms. The molecule has 0 spiro atoms. The fraction of sp³-hybridized carbons (Fsp3) is 0.800. The Hall–Kier alpha value is -0.900. The van der Waals surface area contributed by atoms with Crippen molar-refractivity contribution in [2.45, 2.75) is 52.0 Å². The topological polar surface area (TPSA) is 64.9 Å². The van der Waals surface area contributed by atoms with Crippen LogP contribution in [0.25, 0.3) is 0 Å². The maximum atomic E-state index is 5.87. The highest BCUT2D eigenvalue weighted by Crippen LogP contribution is 2.11. The molecule has 0 aliphatic carbocycles. The Bertz CT molecular complexity index is 270. The first-order valence-corrected chi connectivity index (χ1v) is 5.21. The van der Waals surface area contributed by atoms with Gasteiger partial charge in [-0.15, -0.1) is 0 Å². The van der Waals surface area contributed by atoms with Gasteiger partial charge in [-0.2, -0.15) is 4.98 Å². The van der Waals surface area contributed by atoms with Crippen molar-refractivity contribution in [2.75, 3.05) is 0 Å². The van der Waals surface area contributed by atoms with Crippen molar-refractivity contribution in [3.63, 3.8) is 0 Å². The van der Waals surface area contributed by atoms with Crippen molar-refractivity contribution >= 4 is 0 Å². The van der Waals surface area contributed by atoms with Gasteiger partial charge in [0.2, 0.25) is 5.89 Å². The van der Waals surface area contributed by atoms with Crippen LogP contribution in [0.1, 0.15) is 51.2 Å². The van der Waals surface area contributed by atoms with Crippen molar-refractivity contribution in [2.24, 2.45) is 5.73 Å². The van der Waals surface area contributed by atoms with E-state index >= 15 is 0 Å². The summed E-state index contributed by atoms with van der Waals surface area (Å²) in [5, 5.41) is 3.89. The van der Waals surface area contributed by atoms with Crippen LogP contribution < -0.4 is 5.73 Å². The summed E-state index contributed by atoms with van der Waals surface area (Å²) >= 11 is 0. The molecule has 0 fully saturated rings. The Morgan fingerprint density at radius 2 is 2.14 bits per heavy atom. The van der Waals surface area contributed by atoms with E-state index in [0.717, 1.165) is 18.7 Å². The van der Waals surface area contributed by atoms with Crippen molar-refractivity contribution in [3.05, 3.63) is 11.7 Å². The zero-order valence-electron chi connectivity index (χ0n) is 9.16. The van der Waals surface area contributed by atoms with Gasteiger partial charge in [0.1, 0.15) is 0 Å². The van der Waals surface area contributed by atoms with Crippen molar-refractivity contribution in [3.8, 4) is 0 Å². The summed E-state index contributed by atoms with van der Waals surface area (Å²) in [6.07, 6.45) is 2.78. The smallest absolute Gasteiger partial charge is 0.228 e. The third-order valence-electron chi connectivity index (χ3n) is 2.10. The average Bonchev–Trinajstić information content (AvgIpc) is 2.53. The summed E-state index contributed by atoms with van der Waals surface area (Å²) in [6.45, 7) is 6.20. The number of hydrogen-bond donors (Lipinski definition) is 1. The molecule has 2 N–H and O–H groups in total. The fourth-order valence-electron chi connectivity index (χ4n) is 1.28. The highest BCUT2D eigenvalue weighted by Gasteiger charge is 2.12. The first kappa shape index (κ1) is 11.2. The van der Waals surface area contributed by atoms with Gasteiger partial charge in [-0.05, 0) is 6.42 Å². The molecule has 0 saturated heterocycles. The predicted octanol–water partition coefficient (Wildman–Crippen LogP) is 1.86. The second-order valence-electron chi connectivity index (χ2n) is 3.95. The van der Waals surface area contributed by atoms with Gasteiger partial charge in [-0.3, -0.25) is 0 Å². The lowest BCUT2D eigenvalue weighted by molar-refractivity contribution is 0.359. The van der Waals surface area contributed by atoms with Crippen LogP contribution in [-0.4, -0.2) is 16.2 Å². The van der Waals surface area contributed by atoms with E-state index in [4.69, 9.17) is 10.3 Å². The molecule has 4 nitrogen and oxygen atoms in total. The Balaban J connectivity index is 2.51. The molecule has 0 aliphatic heterocycles. The molecule has 0 radical (unpaired) electrons. The molecule has 1 heterocycles. The summed E-state index contributed by atoms with van der Waals surface area (Å²) in [5.41, 5.74) is 5.87. The lowest BCUT2D eigenvalue weighted by Gasteiger charge is -2.05.